The van der Waals surface area contributed by atoms with Crippen molar-refractivity contribution < 1.29 is 13.3 Å². The second-order valence-corrected chi connectivity index (χ2v) is 13.3. The molecule has 0 aliphatic rings. The number of unbranched alkanes of at least 4 members (excludes halogenated alkanes) is 14. The van der Waals surface area contributed by atoms with E-state index in [4.69, 9.17) is 19.0 Å². The molecule has 0 spiro atoms. The van der Waals surface area contributed by atoms with Crippen LogP contribution in [0.25, 0.3) is 0 Å². The van der Waals surface area contributed by atoms with Crippen LogP contribution in [0.4, 0.5) is 0 Å². The van der Waals surface area contributed by atoms with Crippen molar-refractivity contribution in [3.05, 3.63) is 0 Å². The summed E-state index contributed by atoms with van der Waals surface area (Å²) in [6.45, 7) is 8.90. The molecular formula is C26H57NO3Si. The summed E-state index contributed by atoms with van der Waals surface area (Å²) in [6.07, 6.45) is 22.7. The zero-order chi connectivity index (χ0) is 23.6. The van der Waals surface area contributed by atoms with Crippen molar-refractivity contribution in [2.24, 2.45) is 11.1 Å². The van der Waals surface area contributed by atoms with Gasteiger partial charge in [0.15, 0.2) is 0 Å². The highest BCUT2D eigenvalue weighted by molar-refractivity contribution is 6.64. The Kier molecular flexibility index (Phi) is 17.6. The summed E-state index contributed by atoms with van der Waals surface area (Å²) in [7, 11) is 2.06. The van der Waals surface area contributed by atoms with E-state index < -0.39 is 14.0 Å². The molecular weight excluding hydrogens is 402 g/mol. The van der Waals surface area contributed by atoms with E-state index >= 15 is 0 Å². The fourth-order valence-corrected chi connectivity index (χ4v) is 8.05. The lowest BCUT2D eigenvalue weighted by molar-refractivity contribution is 0.0458. The van der Waals surface area contributed by atoms with Crippen molar-refractivity contribution in [2.45, 2.75) is 142 Å². The molecule has 0 aromatic carbocycles. The van der Waals surface area contributed by atoms with Gasteiger partial charge in [-0.3, -0.25) is 0 Å². The van der Waals surface area contributed by atoms with E-state index in [0.29, 0.717) is 0 Å². The summed E-state index contributed by atoms with van der Waals surface area (Å²) in [5.41, 5.74) is 6.83. The smallest absolute Gasteiger partial charge is 0.376 e. The minimum atomic E-state index is -2.94. The molecule has 0 saturated heterocycles. The molecule has 0 aliphatic carbocycles. The normalized spacial score (nSPS) is 14.7. The third-order valence-electron chi connectivity index (χ3n) is 7.52. The topological polar surface area (TPSA) is 53.7 Å². The standard InChI is InChI=1S/C26H57NO3Si/c1-8-10-11-12-13-14-15-16-17-18-19-20-21-22-23-24-25(3,4)26(27,9-2)31(28-5,29-6)30-7/h8-24,27H2,1-7H3. The van der Waals surface area contributed by atoms with Gasteiger partial charge in [-0.25, -0.2) is 0 Å². The Bertz CT molecular complexity index is 407. The first-order valence-electron chi connectivity index (χ1n) is 13.2. The summed E-state index contributed by atoms with van der Waals surface area (Å²) in [5.74, 6) is 0. The maximum absolute atomic E-state index is 6.93. The summed E-state index contributed by atoms with van der Waals surface area (Å²) in [4.78, 5) is 0. The lowest BCUT2D eigenvalue weighted by atomic mass is 9.78. The van der Waals surface area contributed by atoms with Crippen molar-refractivity contribution in [1.29, 1.82) is 0 Å². The molecule has 4 nitrogen and oxygen atoms in total. The van der Waals surface area contributed by atoms with Crippen LogP contribution >= 0.6 is 0 Å². The maximum Gasteiger partial charge on any atom is 0.521 e. The maximum atomic E-state index is 6.93. The van der Waals surface area contributed by atoms with Gasteiger partial charge in [-0.15, -0.1) is 0 Å². The predicted octanol–water partition coefficient (Wildman–Crippen LogP) is 7.80. The van der Waals surface area contributed by atoms with Gasteiger partial charge < -0.3 is 19.0 Å². The summed E-state index contributed by atoms with van der Waals surface area (Å²) < 4.78 is 17.3. The Balaban J connectivity index is 3.97. The van der Waals surface area contributed by atoms with E-state index in [1.807, 2.05) is 0 Å². The average molecular weight is 460 g/mol. The summed E-state index contributed by atoms with van der Waals surface area (Å²) in [6, 6.07) is 0. The van der Waals surface area contributed by atoms with Gasteiger partial charge in [0.1, 0.15) is 0 Å². The highest BCUT2D eigenvalue weighted by Crippen LogP contribution is 2.43. The Morgan fingerprint density at radius 2 is 0.903 bits per heavy atom. The Labute approximate surface area is 196 Å². The van der Waals surface area contributed by atoms with Crippen LogP contribution < -0.4 is 5.73 Å². The number of rotatable bonds is 22. The average Bonchev–Trinajstić information content (AvgIpc) is 2.77. The molecule has 5 heteroatoms. The van der Waals surface area contributed by atoms with Crippen LogP contribution in [0, 0.1) is 5.41 Å². The van der Waals surface area contributed by atoms with Gasteiger partial charge in [-0.1, -0.05) is 124 Å². The highest BCUT2D eigenvalue weighted by atomic mass is 28.4. The number of hydrogen-bond acceptors (Lipinski definition) is 4. The SMILES string of the molecule is CCCCCCCCCCCCCCCCCC(C)(C)C(N)(CC)[Si](OC)(OC)OC. The van der Waals surface area contributed by atoms with Crippen molar-refractivity contribution >= 4 is 8.80 Å². The molecule has 2 N–H and O–H groups in total. The minimum Gasteiger partial charge on any atom is -0.376 e. The van der Waals surface area contributed by atoms with Crippen LogP contribution in [-0.2, 0) is 13.3 Å². The first-order valence-corrected chi connectivity index (χ1v) is 15.0. The minimum absolute atomic E-state index is 0.105. The molecule has 0 bridgehead atoms. The van der Waals surface area contributed by atoms with Crippen LogP contribution in [0.5, 0.6) is 0 Å². The van der Waals surface area contributed by atoms with Crippen molar-refractivity contribution in [1.82, 2.24) is 0 Å². The van der Waals surface area contributed by atoms with Crippen LogP contribution in [-0.4, -0.2) is 35.3 Å². The molecule has 1 unspecified atom stereocenters. The van der Waals surface area contributed by atoms with Gasteiger partial charge in [-0.05, 0) is 18.3 Å². The Hall–Kier alpha value is 0.0569. The van der Waals surface area contributed by atoms with Crippen LogP contribution in [0.15, 0.2) is 0 Å². The molecule has 1 atom stereocenters. The fourth-order valence-electron chi connectivity index (χ4n) is 5.07. The largest absolute Gasteiger partial charge is 0.521 e. The van der Waals surface area contributed by atoms with E-state index in [9.17, 15) is 0 Å². The second kappa shape index (κ2) is 17.5. The van der Waals surface area contributed by atoms with Gasteiger partial charge in [0.2, 0.25) is 0 Å². The van der Waals surface area contributed by atoms with Crippen LogP contribution in [0.1, 0.15) is 137 Å². The summed E-state index contributed by atoms with van der Waals surface area (Å²) >= 11 is 0. The van der Waals surface area contributed by atoms with E-state index in [1.54, 1.807) is 21.3 Å². The number of hydrogen-bond donors (Lipinski definition) is 1. The van der Waals surface area contributed by atoms with E-state index in [2.05, 4.69) is 27.7 Å². The van der Waals surface area contributed by atoms with Gasteiger partial charge in [0.25, 0.3) is 0 Å². The Morgan fingerprint density at radius 1 is 0.581 bits per heavy atom. The molecule has 0 amide bonds. The van der Waals surface area contributed by atoms with Gasteiger partial charge in [-0.2, -0.15) is 0 Å². The molecule has 31 heavy (non-hydrogen) atoms. The molecule has 0 heterocycles. The molecule has 0 aromatic heterocycles. The number of nitrogens with two attached hydrogens (primary N) is 1. The second-order valence-electron chi connectivity index (χ2n) is 10.1. The monoisotopic (exact) mass is 459 g/mol. The van der Waals surface area contributed by atoms with Gasteiger partial charge in [0.05, 0.1) is 5.16 Å². The van der Waals surface area contributed by atoms with E-state index in [1.165, 1.54) is 96.3 Å². The lowest BCUT2D eigenvalue weighted by Gasteiger charge is -2.50. The lowest BCUT2D eigenvalue weighted by Crippen LogP contribution is -2.74. The Morgan fingerprint density at radius 3 is 1.19 bits per heavy atom. The molecule has 0 rings (SSSR count). The van der Waals surface area contributed by atoms with E-state index in [0.717, 1.165) is 12.8 Å². The predicted molar refractivity (Wildman–Crippen MR) is 137 cm³/mol. The molecule has 0 aromatic rings. The zero-order valence-electron chi connectivity index (χ0n) is 22.3. The van der Waals surface area contributed by atoms with Crippen molar-refractivity contribution in [2.75, 3.05) is 21.3 Å². The zero-order valence-corrected chi connectivity index (χ0v) is 23.3. The quantitative estimate of drug-likeness (QED) is 0.132. The highest BCUT2D eigenvalue weighted by Gasteiger charge is 2.63. The molecule has 188 valence electrons. The third-order valence-corrected chi connectivity index (χ3v) is 11.3. The van der Waals surface area contributed by atoms with Crippen molar-refractivity contribution in [3.8, 4) is 0 Å². The van der Waals surface area contributed by atoms with Gasteiger partial charge in [0, 0.05) is 21.3 Å². The fraction of sp³-hybridized carbons (Fsp3) is 1.00. The summed E-state index contributed by atoms with van der Waals surface area (Å²) in [5, 5.41) is -0.589. The molecule has 0 saturated carbocycles. The third kappa shape index (κ3) is 10.2. The van der Waals surface area contributed by atoms with Crippen LogP contribution in [0.2, 0.25) is 0 Å². The first-order chi connectivity index (χ1) is 14.8. The van der Waals surface area contributed by atoms with Crippen molar-refractivity contribution in [3.63, 3.8) is 0 Å². The molecule has 0 aliphatic heterocycles. The molecule has 0 fully saturated rings. The molecule has 0 radical (unpaired) electrons. The first kappa shape index (κ1) is 31.1. The van der Waals surface area contributed by atoms with Crippen LogP contribution in [0.3, 0.4) is 0 Å². The van der Waals surface area contributed by atoms with E-state index in [-0.39, 0.29) is 5.41 Å². The van der Waals surface area contributed by atoms with Gasteiger partial charge >= 0.3 is 8.80 Å².